The molecule has 0 aliphatic carbocycles. The van der Waals surface area contributed by atoms with E-state index in [1.54, 1.807) is 24.3 Å². The van der Waals surface area contributed by atoms with Crippen molar-refractivity contribution in [2.45, 2.75) is 30.8 Å². The van der Waals surface area contributed by atoms with E-state index in [2.05, 4.69) is 15.6 Å². The highest BCUT2D eigenvalue weighted by molar-refractivity contribution is 14.0. The van der Waals surface area contributed by atoms with Crippen LogP contribution in [0.4, 0.5) is 13.2 Å². The first-order valence-electron chi connectivity index (χ1n) is 9.67. The lowest BCUT2D eigenvalue weighted by molar-refractivity contribution is -0.143. The fraction of sp³-hybridized carbons (Fsp3) is 0.632. The van der Waals surface area contributed by atoms with Crippen molar-refractivity contribution in [3.05, 3.63) is 29.8 Å². The molecule has 1 aromatic carbocycles. The number of likely N-dealkylation sites (tertiary alicyclic amines) is 1. The Balaban J connectivity index is 0.00000450. The molecule has 6 nitrogen and oxygen atoms in total. The number of hydrogen-bond acceptors (Lipinski definition) is 4. The maximum Gasteiger partial charge on any atom is 0.401 e. The van der Waals surface area contributed by atoms with Crippen molar-refractivity contribution in [2.75, 3.05) is 45.5 Å². The van der Waals surface area contributed by atoms with Crippen LogP contribution in [0.3, 0.4) is 0 Å². The van der Waals surface area contributed by atoms with Gasteiger partial charge in [-0.1, -0.05) is 12.1 Å². The van der Waals surface area contributed by atoms with Gasteiger partial charge in [0.05, 0.1) is 11.4 Å². The van der Waals surface area contributed by atoms with Crippen molar-refractivity contribution in [1.29, 1.82) is 0 Å². The minimum atomic E-state index is -4.16. The summed E-state index contributed by atoms with van der Waals surface area (Å²) < 4.78 is 60.5. The minimum absolute atomic E-state index is 0. The highest BCUT2D eigenvalue weighted by atomic mass is 127. The molecule has 1 unspecified atom stereocenters. The molecular formula is C19H30F3IN4O2S. The Bertz CT molecular complexity index is 786. The Morgan fingerprint density at radius 2 is 1.90 bits per heavy atom. The van der Waals surface area contributed by atoms with Gasteiger partial charge in [-0.25, -0.2) is 8.42 Å². The average molecular weight is 562 g/mol. The first kappa shape index (κ1) is 27.0. The number of rotatable bonds is 8. The van der Waals surface area contributed by atoms with Gasteiger partial charge in [0.15, 0.2) is 15.8 Å². The first-order valence-corrected chi connectivity index (χ1v) is 11.6. The van der Waals surface area contributed by atoms with Gasteiger partial charge in [0, 0.05) is 32.4 Å². The molecule has 1 aliphatic rings. The average Bonchev–Trinajstić information content (AvgIpc) is 3.05. The fourth-order valence-electron chi connectivity index (χ4n) is 3.25. The summed E-state index contributed by atoms with van der Waals surface area (Å²) in [7, 11) is -3.20. The first-order chi connectivity index (χ1) is 13.6. The molecule has 1 saturated heterocycles. The van der Waals surface area contributed by atoms with Gasteiger partial charge in [0.1, 0.15) is 0 Å². The topological polar surface area (TPSA) is 73.8 Å². The van der Waals surface area contributed by atoms with E-state index in [0.29, 0.717) is 56.4 Å². The zero-order valence-corrected chi connectivity index (χ0v) is 20.4. The molecule has 11 heteroatoms. The summed E-state index contributed by atoms with van der Waals surface area (Å²) in [6.45, 7) is 3.72. The van der Waals surface area contributed by atoms with Crippen molar-refractivity contribution >= 4 is 39.8 Å². The standard InChI is InChI=1S/C19H29F3N4O2S.HI/c1-3-23-18(25-12-16-9-11-26(13-16)14-19(20,21)22)24-10-8-15-4-6-17(7-5-15)29(2,27)28;/h4-7,16H,3,8-14H2,1-2H3,(H2,23,24,25);1H. The van der Waals surface area contributed by atoms with E-state index in [0.717, 1.165) is 5.56 Å². The molecule has 0 spiro atoms. The lowest BCUT2D eigenvalue weighted by atomic mass is 10.1. The Morgan fingerprint density at radius 3 is 2.47 bits per heavy atom. The van der Waals surface area contributed by atoms with Gasteiger partial charge >= 0.3 is 6.18 Å². The predicted molar refractivity (Wildman–Crippen MR) is 123 cm³/mol. The number of guanidine groups is 1. The Kier molecular flexibility index (Phi) is 10.9. The molecule has 1 heterocycles. The van der Waals surface area contributed by atoms with Gasteiger partial charge in [-0.05, 0) is 49.9 Å². The van der Waals surface area contributed by atoms with Crippen molar-refractivity contribution in [2.24, 2.45) is 10.9 Å². The maximum absolute atomic E-state index is 12.5. The molecule has 172 valence electrons. The minimum Gasteiger partial charge on any atom is -0.357 e. The van der Waals surface area contributed by atoms with E-state index >= 15 is 0 Å². The smallest absolute Gasteiger partial charge is 0.357 e. The molecule has 1 atom stereocenters. The van der Waals surface area contributed by atoms with Crippen LogP contribution in [-0.4, -0.2) is 71.0 Å². The van der Waals surface area contributed by atoms with E-state index in [1.807, 2.05) is 6.92 Å². The molecule has 30 heavy (non-hydrogen) atoms. The molecular weight excluding hydrogens is 532 g/mol. The van der Waals surface area contributed by atoms with E-state index in [1.165, 1.54) is 11.2 Å². The molecule has 2 N–H and O–H groups in total. The summed E-state index contributed by atoms with van der Waals surface area (Å²) in [5.41, 5.74) is 0.999. The number of benzene rings is 1. The number of nitrogens with zero attached hydrogens (tertiary/aromatic N) is 2. The van der Waals surface area contributed by atoms with Gasteiger partial charge in [-0.3, -0.25) is 9.89 Å². The number of alkyl halides is 3. The Morgan fingerprint density at radius 1 is 1.23 bits per heavy atom. The summed E-state index contributed by atoms with van der Waals surface area (Å²) in [4.78, 5) is 6.23. The number of halogens is 4. The second-order valence-corrected chi connectivity index (χ2v) is 9.33. The van der Waals surface area contributed by atoms with Crippen LogP contribution < -0.4 is 10.6 Å². The summed E-state index contributed by atoms with van der Waals surface area (Å²) in [6, 6.07) is 6.76. The monoisotopic (exact) mass is 562 g/mol. The van der Waals surface area contributed by atoms with Crippen LogP contribution in [-0.2, 0) is 16.3 Å². The Labute approximate surface area is 193 Å². The van der Waals surface area contributed by atoms with Crippen LogP contribution >= 0.6 is 24.0 Å². The third-order valence-corrected chi connectivity index (χ3v) is 5.81. The summed E-state index contributed by atoms with van der Waals surface area (Å²) in [5, 5.41) is 6.35. The second kappa shape index (κ2) is 12.1. The third kappa shape index (κ3) is 9.82. The lowest BCUT2D eigenvalue weighted by Gasteiger charge is -2.17. The van der Waals surface area contributed by atoms with Gasteiger partial charge < -0.3 is 10.6 Å². The summed E-state index contributed by atoms with van der Waals surface area (Å²) >= 11 is 0. The van der Waals surface area contributed by atoms with Crippen LogP contribution in [0.5, 0.6) is 0 Å². The van der Waals surface area contributed by atoms with E-state index < -0.39 is 22.6 Å². The highest BCUT2D eigenvalue weighted by Gasteiger charge is 2.34. The van der Waals surface area contributed by atoms with Crippen molar-refractivity contribution in [3.8, 4) is 0 Å². The van der Waals surface area contributed by atoms with E-state index in [9.17, 15) is 21.6 Å². The van der Waals surface area contributed by atoms with E-state index in [4.69, 9.17) is 0 Å². The molecule has 1 aliphatic heterocycles. The quantitative estimate of drug-likeness (QED) is 0.290. The van der Waals surface area contributed by atoms with Crippen LogP contribution in [0.2, 0.25) is 0 Å². The summed E-state index contributed by atoms with van der Waals surface area (Å²) in [6.07, 6.45) is -1.58. The zero-order valence-electron chi connectivity index (χ0n) is 17.2. The lowest BCUT2D eigenvalue weighted by Crippen LogP contribution is -2.38. The van der Waals surface area contributed by atoms with Crippen molar-refractivity contribution < 1.29 is 21.6 Å². The van der Waals surface area contributed by atoms with Gasteiger partial charge in [-0.15, -0.1) is 24.0 Å². The number of aliphatic imine (C=N–C) groups is 1. The highest BCUT2D eigenvalue weighted by Crippen LogP contribution is 2.22. The SMILES string of the molecule is CCNC(=NCC1CCN(CC(F)(F)F)C1)NCCc1ccc(S(C)(=O)=O)cc1.I. The molecule has 1 fully saturated rings. The number of sulfone groups is 1. The van der Waals surface area contributed by atoms with Gasteiger partial charge in [-0.2, -0.15) is 13.2 Å². The molecule has 2 rings (SSSR count). The van der Waals surface area contributed by atoms with Crippen molar-refractivity contribution in [3.63, 3.8) is 0 Å². The third-order valence-electron chi connectivity index (χ3n) is 4.68. The van der Waals surface area contributed by atoms with Gasteiger partial charge in [0.2, 0.25) is 0 Å². The molecule has 0 saturated carbocycles. The molecule has 0 radical (unpaired) electrons. The Hall–Kier alpha value is -1.08. The van der Waals surface area contributed by atoms with Crippen LogP contribution in [0.1, 0.15) is 18.9 Å². The van der Waals surface area contributed by atoms with Crippen LogP contribution in [0.25, 0.3) is 0 Å². The molecule has 0 bridgehead atoms. The molecule has 0 aromatic heterocycles. The van der Waals surface area contributed by atoms with Gasteiger partial charge in [0.25, 0.3) is 0 Å². The second-order valence-electron chi connectivity index (χ2n) is 7.32. The molecule has 1 aromatic rings. The fourth-order valence-corrected chi connectivity index (χ4v) is 3.88. The number of nitrogens with one attached hydrogen (secondary N) is 2. The van der Waals surface area contributed by atoms with Crippen LogP contribution in [0.15, 0.2) is 34.2 Å². The largest absolute Gasteiger partial charge is 0.401 e. The predicted octanol–water partition coefficient (Wildman–Crippen LogP) is 2.69. The van der Waals surface area contributed by atoms with E-state index in [-0.39, 0.29) is 29.9 Å². The van der Waals surface area contributed by atoms with Crippen molar-refractivity contribution in [1.82, 2.24) is 15.5 Å². The van der Waals surface area contributed by atoms with Crippen LogP contribution in [0, 0.1) is 5.92 Å². The maximum atomic E-state index is 12.5. The number of hydrogen-bond donors (Lipinski definition) is 2. The zero-order chi connectivity index (χ0) is 21.5. The normalized spacial score (nSPS) is 18.2. The summed E-state index contributed by atoms with van der Waals surface area (Å²) in [5.74, 6) is 0.755. The molecule has 0 amide bonds.